The topological polar surface area (TPSA) is 158 Å². The standard InChI is InChI=1S/C20H18O10.C19H21NOS/c1-27-13-7-3-11(4-8-13)19(25)29-15(17(21)22)16(18(23)24)30-20(26)12-5-9-14(28-2)10-6-12;1-20(2)13-12-18(19-11-6-14-22-19)21-17-10-5-8-15-7-3-4-9-16(15)17/h3-10,15-16H,1-2H3,(H,21,22)(H,23,24);3-11,14,18H,12-13H2,1-2H3. The van der Waals surface area contributed by atoms with Gasteiger partial charge in [-0.25, -0.2) is 19.2 Å². The van der Waals surface area contributed by atoms with Gasteiger partial charge in [0, 0.05) is 23.2 Å². The molecule has 0 bridgehead atoms. The first-order valence-corrected chi connectivity index (χ1v) is 16.9. The molecule has 1 aromatic heterocycles. The monoisotopic (exact) mass is 729 g/mol. The molecule has 5 aromatic rings. The van der Waals surface area contributed by atoms with Crippen LogP contribution in [-0.4, -0.2) is 86.1 Å². The lowest BCUT2D eigenvalue weighted by molar-refractivity contribution is -0.166. The minimum Gasteiger partial charge on any atom is -0.497 e. The van der Waals surface area contributed by atoms with E-state index in [9.17, 15) is 29.4 Å². The van der Waals surface area contributed by atoms with Crippen molar-refractivity contribution in [3.05, 3.63) is 125 Å². The maximum atomic E-state index is 12.2. The molecule has 5 rings (SSSR count). The third kappa shape index (κ3) is 10.8. The lowest BCUT2D eigenvalue weighted by Crippen LogP contribution is -2.45. The molecule has 0 spiro atoms. The molecule has 0 radical (unpaired) electrons. The third-order valence-corrected chi connectivity index (χ3v) is 8.56. The molecule has 13 heteroatoms. The van der Waals surface area contributed by atoms with Gasteiger partial charge in [0.25, 0.3) is 0 Å². The van der Waals surface area contributed by atoms with Crippen molar-refractivity contribution in [3.8, 4) is 17.2 Å². The van der Waals surface area contributed by atoms with Gasteiger partial charge in [0.2, 0.25) is 12.2 Å². The molecule has 0 aliphatic rings. The van der Waals surface area contributed by atoms with Crippen LogP contribution in [0.15, 0.2) is 109 Å². The molecule has 4 aromatic carbocycles. The molecule has 0 saturated carbocycles. The van der Waals surface area contributed by atoms with Crippen molar-refractivity contribution in [2.24, 2.45) is 0 Å². The van der Waals surface area contributed by atoms with E-state index in [0.29, 0.717) is 11.5 Å². The zero-order chi connectivity index (χ0) is 37.6. The minimum absolute atomic E-state index is 0.0485. The first-order chi connectivity index (χ1) is 25.0. The Balaban J connectivity index is 0.000000243. The van der Waals surface area contributed by atoms with Gasteiger partial charge in [0.15, 0.2) is 0 Å². The van der Waals surface area contributed by atoms with Crippen molar-refractivity contribution in [2.45, 2.75) is 24.7 Å². The van der Waals surface area contributed by atoms with E-state index in [0.717, 1.165) is 18.7 Å². The largest absolute Gasteiger partial charge is 0.497 e. The van der Waals surface area contributed by atoms with Gasteiger partial charge in [-0.1, -0.05) is 42.5 Å². The number of nitrogens with zero attached hydrogens (tertiary/aromatic N) is 1. The predicted molar refractivity (Wildman–Crippen MR) is 194 cm³/mol. The molecule has 0 aliphatic heterocycles. The Bertz CT molecular complexity index is 1840. The number of aliphatic carboxylic acids is 2. The van der Waals surface area contributed by atoms with Crippen molar-refractivity contribution in [1.29, 1.82) is 0 Å². The third-order valence-electron chi connectivity index (χ3n) is 7.60. The van der Waals surface area contributed by atoms with Gasteiger partial charge in [0.1, 0.15) is 23.4 Å². The molecule has 2 N–H and O–H groups in total. The molecular weight excluding hydrogens is 690 g/mol. The zero-order valence-corrected chi connectivity index (χ0v) is 29.8. The normalized spacial score (nSPS) is 12.4. The molecule has 0 amide bonds. The number of hydrogen-bond acceptors (Lipinski definition) is 11. The zero-order valence-electron chi connectivity index (χ0n) is 29.0. The van der Waals surface area contributed by atoms with Gasteiger partial charge >= 0.3 is 23.9 Å². The van der Waals surface area contributed by atoms with Gasteiger partial charge < -0.3 is 38.8 Å². The van der Waals surface area contributed by atoms with E-state index in [2.05, 4.69) is 79.0 Å². The number of methoxy groups -OCH3 is 2. The number of fused-ring (bicyclic) bond motifs is 1. The van der Waals surface area contributed by atoms with Crippen LogP contribution in [-0.2, 0) is 19.1 Å². The van der Waals surface area contributed by atoms with Crippen LogP contribution in [0, 0.1) is 0 Å². The molecule has 272 valence electrons. The summed E-state index contributed by atoms with van der Waals surface area (Å²) in [6.45, 7) is 1.01. The number of rotatable bonds is 15. The molecular formula is C39H39NO11S. The summed E-state index contributed by atoms with van der Waals surface area (Å²) in [4.78, 5) is 51.1. The highest BCUT2D eigenvalue weighted by Gasteiger charge is 2.41. The number of benzene rings is 4. The van der Waals surface area contributed by atoms with Crippen molar-refractivity contribution in [2.75, 3.05) is 34.9 Å². The molecule has 3 unspecified atom stereocenters. The quantitative estimate of drug-likeness (QED) is 0.112. The van der Waals surface area contributed by atoms with Gasteiger partial charge in [-0.05, 0) is 85.5 Å². The summed E-state index contributed by atoms with van der Waals surface area (Å²) in [6, 6.07) is 29.9. The van der Waals surface area contributed by atoms with Gasteiger partial charge in [-0.3, -0.25) is 0 Å². The summed E-state index contributed by atoms with van der Waals surface area (Å²) < 4.78 is 25.9. The van der Waals surface area contributed by atoms with Gasteiger partial charge in [-0.15, -0.1) is 11.3 Å². The van der Waals surface area contributed by atoms with Crippen LogP contribution in [0.2, 0.25) is 0 Å². The van der Waals surface area contributed by atoms with Crippen molar-refractivity contribution >= 4 is 46.0 Å². The van der Waals surface area contributed by atoms with E-state index in [1.54, 1.807) is 11.3 Å². The lowest BCUT2D eigenvalue weighted by Gasteiger charge is -2.21. The predicted octanol–water partition coefficient (Wildman–Crippen LogP) is 6.60. The minimum atomic E-state index is -2.28. The van der Waals surface area contributed by atoms with Crippen LogP contribution in [0.3, 0.4) is 0 Å². The van der Waals surface area contributed by atoms with Gasteiger partial charge in [-0.2, -0.15) is 0 Å². The number of carboxylic acids is 2. The Morgan fingerprint density at radius 2 is 1.19 bits per heavy atom. The SMILES string of the molecule is CN(C)CCC(Oc1cccc2ccccc12)c1cccs1.COc1ccc(C(=O)OC(C(=O)O)C(OC(=O)c2ccc(OC)cc2)C(=O)O)cc1. The summed E-state index contributed by atoms with van der Waals surface area (Å²) in [6.07, 6.45) is -3.47. The Kier molecular flexibility index (Phi) is 14.1. The maximum absolute atomic E-state index is 12.2. The molecule has 0 aliphatic carbocycles. The average Bonchev–Trinajstić information content (AvgIpc) is 3.70. The number of ether oxygens (including phenoxy) is 5. The van der Waals surface area contributed by atoms with E-state index < -0.39 is 36.1 Å². The first kappa shape index (κ1) is 38.9. The van der Waals surface area contributed by atoms with Gasteiger partial charge in [0.05, 0.1) is 25.3 Å². The van der Waals surface area contributed by atoms with Crippen LogP contribution in [0.1, 0.15) is 38.1 Å². The molecule has 0 saturated heterocycles. The first-order valence-electron chi connectivity index (χ1n) is 16.0. The van der Waals surface area contributed by atoms with Crippen LogP contribution in [0.5, 0.6) is 17.2 Å². The highest BCUT2D eigenvalue weighted by atomic mass is 32.1. The van der Waals surface area contributed by atoms with E-state index in [1.807, 2.05) is 0 Å². The Morgan fingerprint density at radius 1 is 0.673 bits per heavy atom. The lowest BCUT2D eigenvalue weighted by atomic mass is 10.1. The number of carbonyl (C=O) groups is 4. The second kappa shape index (κ2) is 18.9. The molecule has 52 heavy (non-hydrogen) atoms. The number of hydrogen-bond donors (Lipinski definition) is 2. The summed E-state index contributed by atoms with van der Waals surface area (Å²) >= 11 is 1.76. The van der Waals surface area contributed by atoms with E-state index in [4.69, 9.17) is 23.7 Å². The van der Waals surface area contributed by atoms with Crippen molar-refractivity contribution in [3.63, 3.8) is 0 Å². The summed E-state index contributed by atoms with van der Waals surface area (Å²) in [5.74, 6) is -3.97. The van der Waals surface area contributed by atoms with Crippen molar-refractivity contribution < 1.29 is 53.1 Å². The fraction of sp³-hybridized carbons (Fsp3) is 0.231. The smallest absolute Gasteiger partial charge is 0.349 e. The van der Waals surface area contributed by atoms with E-state index in [-0.39, 0.29) is 17.2 Å². The van der Waals surface area contributed by atoms with Crippen molar-refractivity contribution in [1.82, 2.24) is 4.90 Å². The summed E-state index contributed by atoms with van der Waals surface area (Å²) in [5, 5.41) is 23.2. The molecule has 12 nitrogen and oxygen atoms in total. The van der Waals surface area contributed by atoms with E-state index in [1.165, 1.54) is 78.4 Å². The van der Waals surface area contributed by atoms with Crippen LogP contribution in [0.25, 0.3) is 10.8 Å². The number of carboxylic acid groups (broad SMARTS) is 2. The molecule has 0 fully saturated rings. The highest BCUT2D eigenvalue weighted by molar-refractivity contribution is 7.10. The highest BCUT2D eigenvalue weighted by Crippen LogP contribution is 2.33. The number of esters is 2. The second-order valence-corrected chi connectivity index (χ2v) is 12.5. The van der Waals surface area contributed by atoms with Crippen LogP contribution in [0.4, 0.5) is 0 Å². The fourth-order valence-electron chi connectivity index (χ4n) is 4.87. The molecule has 1 heterocycles. The van der Waals surface area contributed by atoms with E-state index >= 15 is 0 Å². The maximum Gasteiger partial charge on any atom is 0.349 e. The Hall–Kier alpha value is -5.92. The van der Waals surface area contributed by atoms with Crippen LogP contribution >= 0.6 is 11.3 Å². The molecule has 3 atom stereocenters. The summed E-state index contributed by atoms with van der Waals surface area (Å²) in [5.41, 5.74) is -0.0969. The Labute approximate surface area is 304 Å². The van der Waals surface area contributed by atoms with Crippen LogP contribution < -0.4 is 14.2 Å². The summed E-state index contributed by atoms with van der Waals surface area (Å²) in [7, 11) is 7.04. The number of thiophene rings is 1. The number of carbonyl (C=O) groups excluding carboxylic acids is 2. The second-order valence-electron chi connectivity index (χ2n) is 11.5. The average molecular weight is 730 g/mol. The Morgan fingerprint density at radius 3 is 1.65 bits per heavy atom. The fourth-order valence-corrected chi connectivity index (χ4v) is 5.65.